The summed E-state index contributed by atoms with van der Waals surface area (Å²) >= 11 is 5.41. The summed E-state index contributed by atoms with van der Waals surface area (Å²) in [5.41, 5.74) is 2.57. The minimum atomic E-state index is -0.999. The second kappa shape index (κ2) is 7.78. The number of rotatable bonds is 3. The number of hydrogen-bond acceptors (Lipinski definition) is 6. The van der Waals surface area contributed by atoms with Crippen molar-refractivity contribution in [1.29, 1.82) is 0 Å². The van der Waals surface area contributed by atoms with Crippen LogP contribution in [0.3, 0.4) is 0 Å². The fourth-order valence-corrected chi connectivity index (χ4v) is 1.22. The maximum atomic E-state index is 10.3. The lowest BCUT2D eigenvalue weighted by atomic mass is 10.3. The van der Waals surface area contributed by atoms with Crippen molar-refractivity contribution in [2.75, 3.05) is 5.43 Å². The van der Waals surface area contributed by atoms with Crippen LogP contribution >= 0.6 is 11.6 Å². The van der Waals surface area contributed by atoms with E-state index in [-0.39, 0.29) is 11.1 Å². The minimum absolute atomic E-state index is 0.143. The zero-order chi connectivity index (χ0) is 15.8. The Morgan fingerprint density at radius 2 is 1.52 bits per heavy atom. The second-order valence-electron chi connectivity index (χ2n) is 3.56. The largest absolute Gasteiger partial charge is 0.478 e. The highest BCUT2D eigenvalue weighted by molar-refractivity contribution is 6.29. The number of anilines is 1. The van der Waals surface area contributed by atoms with Gasteiger partial charge in [-0.2, -0.15) is 0 Å². The Morgan fingerprint density at radius 3 is 1.86 bits per heavy atom. The number of nitrogens with two attached hydrogens (primary N) is 1. The number of hydrogen-bond donors (Lipinski definition) is 4. The van der Waals surface area contributed by atoms with Crippen LogP contribution in [-0.2, 0) is 0 Å². The van der Waals surface area contributed by atoms with Crippen LogP contribution in [0, 0.1) is 0 Å². The summed E-state index contributed by atoms with van der Waals surface area (Å²) < 4.78 is 0. The molecular formula is C12H11ClN4O4. The van der Waals surface area contributed by atoms with Gasteiger partial charge in [0.05, 0.1) is 11.1 Å². The number of carboxylic acid groups (broad SMARTS) is 2. The number of aromatic nitrogens is 2. The van der Waals surface area contributed by atoms with Crippen LogP contribution in [0.2, 0.25) is 5.15 Å². The van der Waals surface area contributed by atoms with E-state index in [9.17, 15) is 9.59 Å². The first-order chi connectivity index (χ1) is 9.93. The Bertz CT molecular complexity index is 616. The Balaban J connectivity index is 0.000000211. The molecule has 0 amide bonds. The molecule has 21 heavy (non-hydrogen) atoms. The molecule has 2 aromatic heterocycles. The summed E-state index contributed by atoms with van der Waals surface area (Å²) in [6, 6.07) is 5.75. The SMILES string of the molecule is NNc1ccc(C(=O)O)cn1.O=C(O)c1ccc(Cl)nc1. The van der Waals surface area contributed by atoms with Crippen molar-refractivity contribution in [3.8, 4) is 0 Å². The van der Waals surface area contributed by atoms with E-state index in [2.05, 4.69) is 15.4 Å². The Hall–Kier alpha value is -2.71. The molecule has 0 atom stereocenters. The lowest BCUT2D eigenvalue weighted by molar-refractivity contribution is 0.0685. The third kappa shape index (κ3) is 5.43. The summed E-state index contributed by atoms with van der Waals surface area (Å²) in [5, 5.41) is 17.1. The number of aromatic carboxylic acids is 2. The van der Waals surface area contributed by atoms with Gasteiger partial charge in [-0.05, 0) is 24.3 Å². The summed E-state index contributed by atoms with van der Waals surface area (Å²) in [6.07, 6.45) is 2.45. The van der Waals surface area contributed by atoms with E-state index in [0.29, 0.717) is 11.0 Å². The highest BCUT2D eigenvalue weighted by Crippen LogP contribution is 2.04. The Labute approximate surface area is 124 Å². The van der Waals surface area contributed by atoms with Crippen LogP contribution in [-0.4, -0.2) is 32.1 Å². The number of pyridine rings is 2. The normalized spacial score (nSPS) is 9.24. The topological polar surface area (TPSA) is 138 Å². The molecule has 0 aliphatic rings. The number of carbonyl (C=O) groups is 2. The monoisotopic (exact) mass is 310 g/mol. The first-order valence-electron chi connectivity index (χ1n) is 5.45. The van der Waals surface area contributed by atoms with Crippen molar-refractivity contribution in [3.05, 3.63) is 52.9 Å². The summed E-state index contributed by atoms with van der Waals surface area (Å²) in [7, 11) is 0. The average Bonchev–Trinajstić information content (AvgIpc) is 2.48. The molecule has 0 unspecified atom stereocenters. The maximum absolute atomic E-state index is 10.3. The standard InChI is InChI=1S/C6H4ClNO2.C6H7N3O2/c7-5-2-1-4(3-8-5)6(9)10;7-9-5-2-1-4(3-8-5)6(10)11/h1-3H,(H,9,10);1-3H,7H2,(H,8,9)(H,10,11). The molecule has 0 aliphatic carbocycles. The zero-order valence-electron chi connectivity index (χ0n) is 10.5. The molecule has 110 valence electrons. The molecular weight excluding hydrogens is 300 g/mol. The van der Waals surface area contributed by atoms with Gasteiger partial charge in [0, 0.05) is 12.4 Å². The summed E-state index contributed by atoms with van der Waals surface area (Å²) in [5.74, 6) is 3.46. The molecule has 2 aromatic rings. The molecule has 5 N–H and O–H groups in total. The third-order valence-electron chi connectivity index (χ3n) is 2.13. The zero-order valence-corrected chi connectivity index (χ0v) is 11.3. The Morgan fingerprint density at radius 1 is 1.00 bits per heavy atom. The predicted octanol–water partition coefficient (Wildman–Crippen LogP) is 1.50. The number of nitrogens with one attached hydrogen (secondary N) is 1. The molecule has 9 heteroatoms. The Kier molecular flexibility index (Phi) is 6.05. The molecule has 0 aliphatic heterocycles. The van der Waals surface area contributed by atoms with Gasteiger partial charge in [-0.3, -0.25) is 0 Å². The second-order valence-corrected chi connectivity index (χ2v) is 3.94. The van der Waals surface area contributed by atoms with Gasteiger partial charge in [0.25, 0.3) is 0 Å². The first kappa shape index (κ1) is 16.3. The maximum Gasteiger partial charge on any atom is 0.337 e. The van der Waals surface area contributed by atoms with E-state index >= 15 is 0 Å². The summed E-state index contributed by atoms with van der Waals surface area (Å²) in [4.78, 5) is 27.8. The van der Waals surface area contributed by atoms with Crippen molar-refractivity contribution in [1.82, 2.24) is 9.97 Å². The predicted molar refractivity (Wildman–Crippen MR) is 75.2 cm³/mol. The van der Waals surface area contributed by atoms with Crippen LogP contribution in [0.15, 0.2) is 36.7 Å². The molecule has 0 aromatic carbocycles. The van der Waals surface area contributed by atoms with Gasteiger partial charge in [0.1, 0.15) is 11.0 Å². The number of carboxylic acids is 2. The van der Waals surface area contributed by atoms with Crippen molar-refractivity contribution in [3.63, 3.8) is 0 Å². The molecule has 2 rings (SSSR count). The number of nitrogens with zero attached hydrogens (tertiary/aromatic N) is 2. The highest BCUT2D eigenvalue weighted by atomic mass is 35.5. The van der Waals surface area contributed by atoms with Crippen molar-refractivity contribution < 1.29 is 19.8 Å². The first-order valence-corrected chi connectivity index (χ1v) is 5.82. The van der Waals surface area contributed by atoms with Gasteiger partial charge >= 0.3 is 11.9 Å². The molecule has 0 bridgehead atoms. The highest BCUT2D eigenvalue weighted by Gasteiger charge is 2.01. The van der Waals surface area contributed by atoms with Crippen molar-refractivity contribution >= 4 is 29.4 Å². The lowest BCUT2D eigenvalue weighted by Gasteiger charge is -1.97. The molecule has 0 saturated heterocycles. The molecule has 0 spiro atoms. The van der Waals surface area contributed by atoms with Crippen LogP contribution in [0.4, 0.5) is 5.82 Å². The molecule has 0 radical (unpaired) electrons. The van der Waals surface area contributed by atoms with Gasteiger partial charge in [-0.1, -0.05) is 11.6 Å². The van der Waals surface area contributed by atoms with Crippen molar-refractivity contribution in [2.24, 2.45) is 5.84 Å². The third-order valence-corrected chi connectivity index (χ3v) is 2.36. The van der Waals surface area contributed by atoms with E-state index in [1.54, 1.807) is 0 Å². The lowest BCUT2D eigenvalue weighted by Crippen LogP contribution is -2.08. The van der Waals surface area contributed by atoms with Gasteiger partial charge in [0.15, 0.2) is 0 Å². The number of halogens is 1. The quantitative estimate of drug-likeness (QED) is 0.380. The molecule has 8 nitrogen and oxygen atoms in total. The van der Waals surface area contributed by atoms with Crippen LogP contribution < -0.4 is 11.3 Å². The van der Waals surface area contributed by atoms with E-state index < -0.39 is 11.9 Å². The van der Waals surface area contributed by atoms with Crippen molar-refractivity contribution in [2.45, 2.75) is 0 Å². The van der Waals surface area contributed by atoms with Gasteiger partial charge in [0.2, 0.25) is 0 Å². The molecule has 2 heterocycles. The van der Waals surface area contributed by atoms with E-state index in [1.807, 2.05) is 0 Å². The minimum Gasteiger partial charge on any atom is -0.478 e. The van der Waals surface area contributed by atoms with E-state index in [4.69, 9.17) is 27.7 Å². The number of hydrazine groups is 1. The fourth-order valence-electron chi connectivity index (χ4n) is 1.11. The van der Waals surface area contributed by atoms with Gasteiger partial charge in [-0.25, -0.2) is 25.4 Å². The van der Waals surface area contributed by atoms with Crippen LogP contribution in [0.1, 0.15) is 20.7 Å². The summed E-state index contributed by atoms with van der Waals surface area (Å²) in [6.45, 7) is 0. The van der Waals surface area contributed by atoms with Gasteiger partial charge in [-0.15, -0.1) is 0 Å². The number of nitrogen functional groups attached to an aromatic ring is 1. The van der Waals surface area contributed by atoms with Gasteiger partial charge < -0.3 is 15.6 Å². The van der Waals surface area contributed by atoms with Crippen LogP contribution in [0.25, 0.3) is 0 Å². The van der Waals surface area contributed by atoms with E-state index in [1.165, 1.54) is 36.7 Å². The smallest absolute Gasteiger partial charge is 0.337 e. The molecule has 0 fully saturated rings. The fraction of sp³-hybridized carbons (Fsp3) is 0. The average molecular weight is 311 g/mol. The van der Waals surface area contributed by atoms with E-state index in [0.717, 1.165) is 0 Å². The molecule has 0 saturated carbocycles. The van der Waals surface area contributed by atoms with Crippen LogP contribution in [0.5, 0.6) is 0 Å².